The average Bonchev–Trinajstić information content (AvgIpc) is 3.02. The predicted octanol–water partition coefficient (Wildman–Crippen LogP) is 4.51. The van der Waals surface area contributed by atoms with Crippen LogP contribution in [0.3, 0.4) is 0 Å². The molecule has 124 valence electrons. The maximum atomic E-state index is 13.5. The number of benzene rings is 2. The molecule has 0 aliphatic rings. The second-order valence-corrected chi connectivity index (χ2v) is 4.92. The average molecular weight is 337 g/mol. The fourth-order valence-electron chi connectivity index (χ4n) is 2.03. The minimum absolute atomic E-state index is 0.0918. The largest absolute Gasteiger partial charge is 0.416 e. The van der Waals surface area contributed by atoms with E-state index in [0.717, 1.165) is 12.1 Å². The van der Waals surface area contributed by atoms with Crippen LogP contribution in [0.2, 0.25) is 0 Å². The third-order valence-electron chi connectivity index (χ3n) is 3.24. The van der Waals surface area contributed by atoms with Gasteiger partial charge in [-0.15, -0.1) is 0 Å². The van der Waals surface area contributed by atoms with Crippen molar-refractivity contribution in [2.45, 2.75) is 12.7 Å². The first-order valence-electron chi connectivity index (χ1n) is 6.92. The van der Waals surface area contributed by atoms with Crippen LogP contribution in [0.25, 0.3) is 11.4 Å². The van der Waals surface area contributed by atoms with Crippen LogP contribution < -0.4 is 5.32 Å². The lowest BCUT2D eigenvalue weighted by molar-refractivity contribution is -0.137. The molecular formula is C16H11F4N3O. The highest BCUT2D eigenvalue weighted by molar-refractivity contribution is 5.55. The summed E-state index contributed by atoms with van der Waals surface area (Å²) >= 11 is 0. The molecule has 1 heterocycles. The standard InChI is InChI=1S/C16H11F4N3O/c17-12-3-1-2-4-13(12)21-9-14-22-15(23-24-14)10-5-7-11(8-6-10)16(18,19)20/h1-8,21H,9H2. The van der Waals surface area contributed by atoms with Crippen molar-refractivity contribution in [2.75, 3.05) is 5.32 Å². The molecule has 0 aliphatic carbocycles. The van der Waals surface area contributed by atoms with Crippen molar-refractivity contribution in [3.05, 3.63) is 65.8 Å². The third-order valence-corrected chi connectivity index (χ3v) is 3.24. The fraction of sp³-hybridized carbons (Fsp3) is 0.125. The maximum Gasteiger partial charge on any atom is 0.416 e. The molecule has 0 saturated heterocycles. The van der Waals surface area contributed by atoms with Crippen molar-refractivity contribution in [2.24, 2.45) is 0 Å². The lowest BCUT2D eigenvalue weighted by atomic mass is 10.1. The van der Waals surface area contributed by atoms with Gasteiger partial charge in [0.1, 0.15) is 5.82 Å². The minimum Gasteiger partial charge on any atom is -0.374 e. The summed E-state index contributed by atoms with van der Waals surface area (Å²) in [6.07, 6.45) is -4.40. The number of nitrogens with zero attached hydrogens (tertiary/aromatic N) is 2. The van der Waals surface area contributed by atoms with Crippen LogP contribution in [0.15, 0.2) is 53.1 Å². The highest BCUT2D eigenvalue weighted by atomic mass is 19.4. The van der Waals surface area contributed by atoms with Crippen molar-refractivity contribution in [3.63, 3.8) is 0 Å². The summed E-state index contributed by atoms with van der Waals surface area (Å²) in [5, 5.41) is 6.51. The first kappa shape index (κ1) is 16.0. The summed E-state index contributed by atoms with van der Waals surface area (Å²) in [4.78, 5) is 4.07. The van der Waals surface area contributed by atoms with Gasteiger partial charge in [0.2, 0.25) is 11.7 Å². The number of para-hydroxylation sites is 1. The van der Waals surface area contributed by atoms with Crippen molar-refractivity contribution in [1.82, 2.24) is 10.1 Å². The lowest BCUT2D eigenvalue weighted by Crippen LogP contribution is -2.04. The lowest BCUT2D eigenvalue weighted by Gasteiger charge is -2.05. The Kier molecular flexibility index (Phi) is 4.20. The number of aromatic nitrogens is 2. The quantitative estimate of drug-likeness (QED) is 0.712. The highest BCUT2D eigenvalue weighted by Crippen LogP contribution is 2.30. The molecule has 2 aromatic carbocycles. The van der Waals surface area contributed by atoms with Crippen LogP contribution in [0.5, 0.6) is 0 Å². The van der Waals surface area contributed by atoms with Gasteiger partial charge in [-0.1, -0.05) is 29.4 Å². The first-order valence-corrected chi connectivity index (χ1v) is 6.92. The molecular weight excluding hydrogens is 326 g/mol. The normalized spacial score (nSPS) is 11.5. The minimum atomic E-state index is -4.40. The van der Waals surface area contributed by atoms with E-state index in [-0.39, 0.29) is 23.9 Å². The van der Waals surface area contributed by atoms with E-state index in [1.807, 2.05) is 0 Å². The van der Waals surface area contributed by atoms with E-state index in [0.29, 0.717) is 5.56 Å². The molecule has 1 N–H and O–H groups in total. The number of alkyl halides is 3. The Morgan fingerprint density at radius 2 is 1.71 bits per heavy atom. The predicted molar refractivity (Wildman–Crippen MR) is 78.5 cm³/mol. The number of nitrogens with one attached hydrogen (secondary N) is 1. The van der Waals surface area contributed by atoms with Gasteiger partial charge >= 0.3 is 6.18 Å². The molecule has 0 saturated carbocycles. The molecule has 0 aliphatic heterocycles. The van der Waals surface area contributed by atoms with Crippen LogP contribution in [0.4, 0.5) is 23.2 Å². The second-order valence-electron chi connectivity index (χ2n) is 4.92. The van der Waals surface area contributed by atoms with Gasteiger partial charge in [-0.25, -0.2) is 4.39 Å². The molecule has 8 heteroatoms. The van der Waals surface area contributed by atoms with Gasteiger partial charge in [-0.3, -0.25) is 0 Å². The van der Waals surface area contributed by atoms with Crippen molar-refractivity contribution >= 4 is 5.69 Å². The molecule has 0 radical (unpaired) electrons. The second kappa shape index (κ2) is 6.31. The zero-order chi connectivity index (χ0) is 17.2. The number of rotatable bonds is 4. The van der Waals surface area contributed by atoms with Gasteiger partial charge in [-0.2, -0.15) is 18.2 Å². The molecule has 0 fully saturated rings. The summed E-state index contributed by atoms with van der Waals surface area (Å²) in [5.74, 6) is -0.0674. The van der Waals surface area contributed by atoms with E-state index in [4.69, 9.17) is 4.52 Å². The smallest absolute Gasteiger partial charge is 0.374 e. The van der Waals surface area contributed by atoms with Gasteiger partial charge in [-0.05, 0) is 24.3 Å². The summed E-state index contributed by atoms with van der Waals surface area (Å²) in [6, 6.07) is 10.5. The van der Waals surface area contributed by atoms with E-state index in [2.05, 4.69) is 15.5 Å². The molecule has 0 unspecified atom stereocenters. The molecule has 24 heavy (non-hydrogen) atoms. The molecule has 0 spiro atoms. The van der Waals surface area contributed by atoms with Crippen LogP contribution >= 0.6 is 0 Å². The Balaban J connectivity index is 1.70. The van der Waals surface area contributed by atoms with Crippen molar-refractivity contribution in [3.8, 4) is 11.4 Å². The van der Waals surface area contributed by atoms with E-state index in [1.165, 1.54) is 18.2 Å². The molecule has 0 bridgehead atoms. The molecule has 4 nitrogen and oxygen atoms in total. The number of anilines is 1. The Bertz CT molecular complexity index is 828. The van der Waals surface area contributed by atoms with Crippen molar-refractivity contribution < 1.29 is 22.1 Å². The Hall–Kier alpha value is -2.90. The number of hydrogen-bond acceptors (Lipinski definition) is 4. The maximum absolute atomic E-state index is 13.5. The number of halogens is 4. The van der Waals surface area contributed by atoms with Crippen LogP contribution in [0.1, 0.15) is 11.5 Å². The zero-order valence-corrected chi connectivity index (χ0v) is 12.1. The van der Waals surface area contributed by atoms with E-state index >= 15 is 0 Å². The van der Waals surface area contributed by atoms with E-state index in [1.54, 1.807) is 18.2 Å². The van der Waals surface area contributed by atoms with Gasteiger partial charge in [0.25, 0.3) is 0 Å². The van der Waals surface area contributed by atoms with Crippen LogP contribution in [-0.2, 0) is 12.7 Å². The van der Waals surface area contributed by atoms with Gasteiger partial charge in [0, 0.05) is 5.56 Å². The van der Waals surface area contributed by atoms with E-state index in [9.17, 15) is 17.6 Å². The zero-order valence-electron chi connectivity index (χ0n) is 12.1. The molecule has 3 rings (SSSR count). The monoisotopic (exact) mass is 337 g/mol. The van der Waals surface area contributed by atoms with Gasteiger partial charge in [0.15, 0.2) is 0 Å². The Labute approximate surface area is 134 Å². The SMILES string of the molecule is Fc1ccccc1NCc1nc(-c2ccc(C(F)(F)F)cc2)no1. The summed E-state index contributed by atoms with van der Waals surface area (Å²) in [5.41, 5.74) is -0.0770. The summed E-state index contributed by atoms with van der Waals surface area (Å²) in [7, 11) is 0. The fourth-order valence-corrected chi connectivity index (χ4v) is 2.03. The summed E-state index contributed by atoms with van der Waals surface area (Å²) in [6.45, 7) is 0.0918. The summed E-state index contributed by atoms with van der Waals surface area (Å²) < 4.78 is 56.1. The Morgan fingerprint density at radius 1 is 1.00 bits per heavy atom. The molecule has 0 atom stereocenters. The van der Waals surface area contributed by atoms with Crippen molar-refractivity contribution in [1.29, 1.82) is 0 Å². The van der Waals surface area contributed by atoms with Gasteiger partial charge in [0.05, 0.1) is 17.8 Å². The number of hydrogen-bond donors (Lipinski definition) is 1. The topological polar surface area (TPSA) is 51.0 Å². The third kappa shape index (κ3) is 3.53. The Morgan fingerprint density at radius 3 is 2.38 bits per heavy atom. The van der Waals surface area contributed by atoms with Gasteiger partial charge < -0.3 is 9.84 Å². The first-order chi connectivity index (χ1) is 11.4. The van der Waals surface area contributed by atoms with Crippen LogP contribution in [-0.4, -0.2) is 10.1 Å². The van der Waals surface area contributed by atoms with Crippen LogP contribution in [0, 0.1) is 5.82 Å². The molecule has 3 aromatic rings. The van der Waals surface area contributed by atoms with E-state index < -0.39 is 17.6 Å². The molecule has 0 amide bonds. The highest BCUT2D eigenvalue weighted by Gasteiger charge is 2.30. The molecule has 1 aromatic heterocycles.